The number of carbonyl (C=O) groups excluding carboxylic acids is 1. The molecule has 1 aromatic carbocycles. The minimum absolute atomic E-state index is 0.288. The SMILES string of the molecule is O=C(NCc1ccco1)Nc1ccc(Cl)cc1. The Kier molecular flexibility index (Phi) is 3.67. The predicted octanol–water partition coefficient (Wildman–Crippen LogP) is 3.25. The van der Waals surface area contributed by atoms with Crippen LogP contribution < -0.4 is 10.6 Å². The van der Waals surface area contributed by atoms with Gasteiger partial charge in [0.25, 0.3) is 0 Å². The molecule has 0 saturated carbocycles. The summed E-state index contributed by atoms with van der Waals surface area (Å²) in [5.41, 5.74) is 0.686. The van der Waals surface area contributed by atoms with Crippen LogP contribution >= 0.6 is 11.6 Å². The number of amides is 2. The third-order valence-corrected chi connectivity index (χ3v) is 2.36. The Bertz CT molecular complexity index is 480. The van der Waals surface area contributed by atoms with E-state index >= 15 is 0 Å². The molecule has 1 heterocycles. The van der Waals surface area contributed by atoms with Crippen molar-refractivity contribution in [1.29, 1.82) is 0 Å². The lowest BCUT2D eigenvalue weighted by molar-refractivity contribution is 0.251. The summed E-state index contributed by atoms with van der Waals surface area (Å²) in [7, 11) is 0. The first-order valence-corrected chi connectivity index (χ1v) is 5.44. The summed E-state index contributed by atoms with van der Waals surface area (Å²) in [4.78, 5) is 11.5. The molecule has 0 radical (unpaired) electrons. The number of halogens is 1. The number of furan rings is 1. The predicted molar refractivity (Wildman–Crippen MR) is 66.0 cm³/mol. The van der Waals surface area contributed by atoms with Crippen LogP contribution in [0.4, 0.5) is 10.5 Å². The van der Waals surface area contributed by atoms with E-state index in [1.165, 1.54) is 0 Å². The van der Waals surface area contributed by atoms with E-state index in [9.17, 15) is 4.79 Å². The van der Waals surface area contributed by atoms with Gasteiger partial charge in [-0.3, -0.25) is 0 Å². The number of rotatable bonds is 3. The van der Waals surface area contributed by atoms with Crippen LogP contribution in [0.3, 0.4) is 0 Å². The molecule has 2 N–H and O–H groups in total. The van der Waals surface area contributed by atoms with Crippen LogP contribution in [0.5, 0.6) is 0 Å². The van der Waals surface area contributed by atoms with Crippen molar-refractivity contribution >= 4 is 23.3 Å². The molecule has 17 heavy (non-hydrogen) atoms. The standard InChI is InChI=1S/C12H11ClN2O2/c13-9-3-5-10(6-4-9)15-12(16)14-8-11-2-1-7-17-11/h1-7H,8H2,(H2,14,15,16). The maximum atomic E-state index is 11.5. The van der Waals surface area contributed by atoms with Crippen LogP contribution in [-0.2, 0) is 6.54 Å². The fourth-order valence-corrected chi connectivity index (χ4v) is 1.42. The normalized spacial score (nSPS) is 9.94. The highest BCUT2D eigenvalue weighted by Crippen LogP contribution is 2.13. The average molecular weight is 251 g/mol. The minimum atomic E-state index is -0.288. The number of nitrogens with one attached hydrogen (secondary N) is 2. The Balaban J connectivity index is 1.83. The summed E-state index contributed by atoms with van der Waals surface area (Å²) in [5.74, 6) is 0.705. The molecule has 2 rings (SSSR count). The largest absolute Gasteiger partial charge is 0.467 e. The summed E-state index contributed by atoms with van der Waals surface area (Å²) in [5, 5.41) is 5.98. The maximum Gasteiger partial charge on any atom is 0.319 e. The van der Waals surface area contributed by atoms with Crippen LogP contribution in [0, 0.1) is 0 Å². The Morgan fingerprint density at radius 3 is 2.65 bits per heavy atom. The second-order valence-corrected chi connectivity index (χ2v) is 3.83. The highest BCUT2D eigenvalue weighted by Gasteiger charge is 2.02. The molecule has 0 fully saturated rings. The van der Waals surface area contributed by atoms with Gasteiger partial charge in [-0.1, -0.05) is 11.6 Å². The first-order chi connectivity index (χ1) is 8.24. The second kappa shape index (κ2) is 5.41. The van der Waals surface area contributed by atoms with E-state index in [4.69, 9.17) is 16.0 Å². The molecule has 0 aliphatic rings. The van der Waals surface area contributed by atoms with Gasteiger partial charge in [-0.2, -0.15) is 0 Å². The van der Waals surface area contributed by atoms with Gasteiger partial charge in [0.15, 0.2) is 0 Å². The molecule has 0 aliphatic heterocycles. The monoisotopic (exact) mass is 250 g/mol. The number of benzene rings is 1. The van der Waals surface area contributed by atoms with Crippen LogP contribution in [-0.4, -0.2) is 6.03 Å². The third kappa shape index (κ3) is 3.53. The highest BCUT2D eigenvalue weighted by molar-refractivity contribution is 6.30. The van der Waals surface area contributed by atoms with Gasteiger partial charge in [0.2, 0.25) is 0 Å². The molecule has 2 aromatic rings. The van der Waals surface area contributed by atoms with Crippen molar-refractivity contribution in [3.63, 3.8) is 0 Å². The molecule has 1 aromatic heterocycles. The molecular formula is C12H11ClN2O2. The minimum Gasteiger partial charge on any atom is -0.467 e. The lowest BCUT2D eigenvalue weighted by Crippen LogP contribution is -2.27. The van der Waals surface area contributed by atoms with Crippen LogP contribution in [0.15, 0.2) is 47.1 Å². The number of hydrogen-bond donors (Lipinski definition) is 2. The Labute approximate surface area is 104 Å². The van der Waals surface area contributed by atoms with E-state index in [2.05, 4.69) is 10.6 Å². The average Bonchev–Trinajstić information content (AvgIpc) is 2.83. The van der Waals surface area contributed by atoms with Crippen LogP contribution in [0.2, 0.25) is 5.02 Å². The van der Waals surface area contributed by atoms with Gasteiger partial charge in [-0.05, 0) is 36.4 Å². The summed E-state index contributed by atoms with van der Waals surface area (Å²) in [6.07, 6.45) is 1.56. The van der Waals surface area contributed by atoms with Gasteiger partial charge in [-0.15, -0.1) is 0 Å². The Morgan fingerprint density at radius 2 is 2.00 bits per heavy atom. The van der Waals surface area contributed by atoms with Gasteiger partial charge >= 0.3 is 6.03 Å². The molecule has 5 heteroatoms. The summed E-state index contributed by atoms with van der Waals surface area (Å²) < 4.78 is 5.09. The molecule has 2 amide bonds. The third-order valence-electron chi connectivity index (χ3n) is 2.11. The fraction of sp³-hybridized carbons (Fsp3) is 0.0833. The molecule has 0 unspecified atom stereocenters. The van der Waals surface area contributed by atoms with E-state index in [0.717, 1.165) is 0 Å². The molecule has 0 bridgehead atoms. The quantitative estimate of drug-likeness (QED) is 0.879. The first-order valence-electron chi connectivity index (χ1n) is 5.07. The van der Waals surface area contributed by atoms with E-state index in [-0.39, 0.29) is 6.03 Å². The number of carbonyl (C=O) groups is 1. The zero-order valence-electron chi connectivity index (χ0n) is 8.94. The molecule has 0 saturated heterocycles. The summed E-state index contributed by atoms with van der Waals surface area (Å²) in [6, 6.07) is 10.2. The summed E-state index contributed by atoms with van der Waals surface area (Å²) >= 11 is 5.74. The highest BCUT2D eigenvalue weighted by atomic mass is 35.5. The van der Waals surface area contributed by atoms with Gasteiger partial charge in [0.05, 0.1) is 12.8 Å². The van der Waals surface area contributed by atoms with Gasteiger partial charge in [-0.25, -0.2) is 4.79 Å². The first kappa shape index (κ1) is 11.5. The van der Waals surface area contributed by atoms with Crippen LogP contribution in [0.25, 0.3) is 0 Å². The molecule has 0 spiro atoms. The number of urea groups is 1. The van der Waals surface area contributed by atoms with Crippen molar-refractivity contribution in [2.45, 2.75) is 6.54 Å². The molecule has 0 aliphatic carbocycles. The smallest absolute Gasteiger partial charge is 0.319 e. The van der Waals surface area contributed by atoms with Crippen molar-refractivity contribution in [3.05, 3.63) is 53.4 Å². The van der Waals surface area contributed by atoms with Gasteiger partial charge in [0, 0.05) is 10.7 Å². The van der Waals surface area contributed by atoms with Crippen molar-refractivity contribution in [3.8, 4) is 0 Å². The lowest BCUT2D eigenvalue weighted by atomic mass is 10.3. The number of hydrogen-bond acceptors (Lipinski definition) is 2. The van der Waals surface area contributed by atoms with E-state index in [1.807, 2.05) is 0 Å². The van der Waals surface area contributed by atoms with Crippen LogP contribution in [0.1, 0.15) is 5.76 Å². The fourth-order valence-electron chi connectivity index (χ4n) is 1.29. The Hall–Kier alpha value is -1.94. The van der Waals surface area contributed by atoms with E-state index < -0.39 is 0 Å². The van der Waals surface area contributed by atoms with Gasteiger partial charge in [0.1, 0.15) is 5.76 Å². The van der Waals surface area contributed by atoms with Gasteiger partial charge < -0.3 is 15.1 Å². The molecule has 0 atom stereocenters. The molecule has 88 valence electrons. The Morgan fingerprint density at radius 1 is 1.24 bits per heavy atom. The summed E-state index contributed by atoms with van der Waals surface area (Å²) in [6.45, 7) is 0.354. The molecule has 4 nitrogen and oxygen atoms in total. The van der Waals surface area contributed by atoms with Crippen molar-refractivity contribution in [1.82, 2.24) is 5.32 Å². The van der Waals surface area contributed by atoms with E-state index in [0.29, 0.717) is 23.0 Å². The molecular weight excluding hydrogens is 240 g/mol. The number of anilines is 1. The van der Waals surface area contributed by atoms with Crippen molar-refractivity contribution in [2.75, 3.05) is 5.32 Å². The van der Waals surface area contributed by atoms with E-state index in [1.54, 1.807) is 42.7 Å². The van der Waals surface area contributed by atoms with Crippen molar-refractivity contribution < 1.29 is 9.21 Å². The topological polar surface area (TPSA) is 54.3 Å². The second-order valence-electron chi connectivity index (χ2n) is 3.39. The zero-order valence-corrected chi connectivity index (χ0v) is 9.70. The maximum absolute atomic E-state index is 11.5. The zero-order chi connectivity index (χ0) is 12.1. The lowest BCUT2D eigenvalue weighted by Gasteiger charge is -2.06. The van der Waals surface area contributed by atoms with Crippen molar-refractivity contribution in [2.24, 2.45) is 0 Å².